The van der Waals surface area contributed by atoms with Gasteiger partial charge in [0.05, 0.1) is 5.56 Å². The number of nitrogens with zero attached hydrogens (tertiary/aromatic N) is 3. The standard InChI is InChI=1S/C28H35N5O2/c1-28(2,3)24-10-9-21(17-25(24)35-19-22-7-6-16-33(22)4)32-27(34)23-8-5-13-30-26(23)31-18-20-11-14-29-15-12-20/h5,8-15,17,22H,6-7,16,18-19H2,1-4H3,(H,30,31)(H,32,34). The second-order valence-electron chi connectivity index (χ2n) is 10.1. The Morgan fingerprint density at radius 2 is 1.94 bits per heavy atom. The Kier molecular flexibility index (Phi) is 7.66. The van der Waals surface area contributed by atoms with E-state index in [4.69, 9.17) is 4.74 Å². The van der Waals surface area contributed by atoms with Crippen molar-refractivity contribution in [2.45, 2.75) is 51.6 Å². The summed E-state index contributed by atoms with van der Waals surface area (Å²) in [5, 5.41) is 6.30. The highest BCUT2D eigenvalue weighted by molar-refractivity contribution is 6.07. The fourth-order valence-electron chi connectivity index (χ4n) is 4.33. The van der Waals surface area contributed by atoms with Gasteiger partial charge < -0.3 is 20.3 Å². The first-order valence-electron chi connectivity index (χ1n) is 12.2. The topological polar surface area (TPSA) is 79.4 Å². The Morgan fingerprint density at radius 3 is 2.66 bits per heavy atom. The molecule has 0 aliphatic carbocycles. The summed E-state index contributed by atoms with van der Waals surface area (Å²) in [5.74, 6) is 1.13. The SMILES string of the molecule is CN1CCCC1COc1cc(NC(=O)c2cccnc2NCc2ccncc2)ccc1C(C)(C)C. The average molecular weight is 474 g/mol. The van der Waals surface area contributed by atoms with Crippen LogP contribution in [0.15, 0.2) is 61.1 Å². The van der Waals surface area contributed by atoms with Crippen molar-refractivity contribution in [2.75, 3.05) is 30.8 Å². The summed E-state index contributed by atoms with van der Waals surface area (Å²) in [4.78, 5) is 24.0. The lowest BCUT2D eigenvalue weighted by Gasteiger charge is -2.26. The molecule has 3 heterocycles. The zero-order valence-corrected chi connectivity index (χ0v) is 21.0. The van der Waals surface area contributed by atoms with E-state index in [9.17, 15) is 4.79 Å². The maximum Gasteiger partial charge on any atom is 0.259 e. The molecule has 35 heavy (non-hydrogen) atoms. The van der Waals surface area contributed by atoms with Gasteiger partial charge in [0.15, 0.2) is 0 Å². The first-order valence-corrected chi connectivity index (χ1v) is 12.2. The molecule has 0 spiro atoms. The number of hydrogen-bond acceptors (Lipinski definition) is 6. The molecular formula is C28H35N5O2. The predicted octanol–water partition coefficient (Wildman–Crippen LogP) is 5.11. The van der Waals surface area contributed by atoms with Crippen LogP contribution in [0, 0.1) is 0 Å². The fourth-order valence-corrected chi connectivity index (χ4v) is 4.33. The predicted molar refractivity (Wildman–Crippen MR) is 140 cm³/mol. The quantitative estimate of drug-likeness (QED) is 0.473. The van der Waals surface area contributed by atoms with Crippen molar-refractivity contribution >= 4 is 17.4 Å². The number of nitrogens with one attached hydrogen (secondary N) is 2. The number of hydrogen-bond donors (Lipinski definition) is 2. The second kappa shape index (κ2) is 10.9. The van der Waals surface area contributed by atoms with Gasteiger partial charge in [-0.15, -0.1) is 0 Å². The number of ether oxygens (including phenoxy) is 1. The van der Waals surface area contributed by atoms with Gasteiger partial charge in [-0.25, -0.2) is 4.98 Å². The lowest BCUT2D eigenvalue weighted by molar-refractivity contribution is 0.102. The van der Waals surface area contributed by atoms with E-state index in [0.717, 1.165) is 29.8 Å². The van der Waals surface area contributed by atoms with Crippen molar-refractivity contribution in [3.63, 3.8) is 0 Å². The van der Waals surface area contributed by atoms with E-state index >= 15 is 0 Å². The molecule has 2 aromatic heterocycles. The van der Waals surface area contributed by atoms with Crippen LogP contribution in [0.4, 0.5) is 11.5 Å². The van der Waals surface area contributed by atoms with Crippen LogP contribution in [0.1, 0.15) is 55.1 Å². The Balaban J connectivity index is 1.50. The Morgan fingerprint density at radius 1 is 1.14 bits per heavy atom. The first kappa shape index (κ1) is 24.7. The summed E-state index contributed by atoms with van der Waals surface area (Å²) in [6.45, 7) is 8.82. The minimum absolute atomic E-state index is 0.0765. The summed E-state index contributed by atoms with van der Waals surface area (Å²) in [5.41, 5.74) is 3.28. The Labute approximate surface area is 207 Å². The van der Waals surface area contributed by atoms with Crippen molar-refractivity contribution in [1.29, 1.82) is 0 Å². The third kappa shape index (κ3) is 6.36. The van der Waals surface area contributed by atoms with Gasteiger partial charge >= 0.3 is 0 Å². The monoisotopic (exact) mass is 473 g/mol. The van der Waals surface area contributed by atoms with Gasteiger partial charge in [0.2, 0.25) is 0 Å². The van der Waals surface area contributed by atoms with Crippen molar-refractivity contribution in [1.82, 2.24) is 14.9 Å². The number of pyridine rings is 2. The number of likely N-dealkylation sites (tertiary alicyclic amines) is 1. The molecule has 7 heteroatoms. The highest BCUT2D eigenvalue weighted by atomic mass is 16.5. The van der Waals surface area contributed by atoms with Crippen LogP contribution >= 0.6 is 0 Å². The molecule has 3 aromatic rings. The normalized spacial score (nSPS) is 16.2. The fraction of sp³-hybridized carbons (Fsp3) is 0.393. The number of carbonyl (C=O) groups is 1. The van der Waals surface area contributed by atoms with E-state index in [1.807, 2.05) is 24.3 Å². The van der Waals surface area contributed by atoms with Crippen LogP contribution in [0.5, 0.6) is 5.75 Å². The lowest BCUT2D eigenvalue weighted by atomic mass is 9.86. The molecule has 2 N–H and O–H groups in total. The number of carbonyl (C=O) groups excluding carboxylic acids is 1. The molecular weight excluding hydrogens is 438 g/mol. The number of likely N-dealkylation sites (N-methyl/N-ethyl adjacent to an activating group) is 1. The highest BCUT2D eigenvalue weighted by Gasteiger charge is 2.24. The number of amides is 1. The maximum atomic E-state index is 13.2. The molecule has 0 radical (unpaired) electrons. The van der Waals surface area contributed by atoms with E-state index in [1.165, 1.54) is 6.42 Å². The van der Waals surface area contributed by atoms with Crippen LogP contribution in [0.2, 0.25) is 0 Å². The van der Waals surface area contributed by atoms with E-state index < -0.39 is 0 Å². The Bertz CT molecular complexity index is 1140. The summed E-state index contributed by atoms with van der Waals surface area (Å²) in [6, 6.07) is 13.7. The van der Waals surface area contributed by atoms with E-state index in [-0.39, 0.29) is 11.3 Å². The largest absolute Gasteiger partial charge is 0.492 e. The van der Waals surface area contributed by atoms with Crippen molar-refractivity contribution in [3.8, 4) is 5.75 Å². The van der Waals surface area contributed by atoms with Gasteiger partial charge in [-0.05, 0) is 73.3 Å². The number of anilines is 2. The number of aromatic nitrogens is 2. The summed E-state index contributed by atoms with van der Waals surface area (Å²) >= 11 is 0. The Hall–Kier alpha value is -3.45. The van der Waals surface area contributed by atoms with Gasteiger partial charge in [-0.3, -0.25) is 9.78 Å². The molecule has 1 aromatic carbocycles. The molecule has 0 bridgehead atoms. The van der Waals surface area contributed by atoms with Crippen LogP contribution in [-0.2, 0) is 12.0 Å². The van der Waals surface area contributed by atoms with Crippen LogP contribution < -0.4 is 15.4 Å². The molecule has 7 nitrogen and oxygen atoms in total. The minimum atomic E-state index is -0.222. The first-order chi connectivity index (χ1) is 16.8. The molecule has 1 aliphatic heterocycles. The van der Waals surface area contributed by atoms with E-state index in [2.05, 4.69) is 59.4 Å². The van der Waals surface area contributed by atoms with Crippen molar-refractivity contribution in [2.24, 2.45) is 0 Å². The van der Waals surface area contributed by atoms with E-state index in [1.54, 1.807) is 30.7 Å². The third-order valence-electron chi connectivity index (χ3n) is 6.41. The van der Waals surface area contributed by atoms with Crippen LogP contribution in [0.3, 0.4) is 0 Å². The highest BCUT2D eigenvalue weighted by Crippen LogP contribution is 2.34. The summed E-state index contributed by atoms with van der Waals surface area (Å²) < 4.78 is 6.33. The van der Waals surface area contributed by atoms with Gasteiger partial charge in [0.25, 0.3) is 5.91 Å². The zero-order valence-electron chi connectivity index (χ0n) is 21.0. The van der Waals surface area contributed by atoms with Gasteiger partial charge in [0, 0.05) is 42.9 Å². The summed E-state index contributed by atoms with van der Waals surface area (Å²) in [7, 11) is 2.15. The summed E-state index contributed by atoms with van der Waals surface area (Å²) in [6.07, 6.45) is 7.52. The van der Waals surface area contributed by atoms with Gasteiger partial charge in [0.1, 0.15) is 18.2 Å². The molecule has 4 rings (SSSR count). The van der Waals surface area contributed by atoms with Crippen LogP contribution in [0.25, 0.3) is 0 Å². The van der Waals surface area contributed by atoms with Crippen molar-refractivity contribution in [3.05, 3.63) is 77.7 Å². The molecule has 1 unspecified atom stereocenters. The van der Waals surface area contributed by atoms with E-state index in [0.29, 0.717) is 36.3 Å². The molecule has 1 saturated heterocycles. The van der Waals surface area contributed by atoms with Crippen LogP contribution in [-0.4, -0.2) is 47.0 Å². The molecule has 1 aliphatic rings. The van der Waals surface area contributed by atoms with Gasteiger partial charge in [-0.2, -0.15) is 0 Å². The molecule has 1 atom stereocenters. The molecule has 0 saturated carbocycles. The lowest BCUT2D eigenvalue weighted by Crippen LogP contribution is -2.31. The molecule has 1 amide bonds. The zero-order chi connectivity index (χ0) is 24.8. The smallest absolute Gasteiger partial charge is 0.259 e. The second-order valence-corrected chi connectivity index (χ2v) is 10.1. The van der Waals surface area contributed by atoms with Gasteiger partial charge in [-0.1, -0.05) is 26.8 Å². The molecule has 1 fully saturated rings. The number of rotatable bonds is 8. The number of benzene rings is 1. The third-order valence-corrected chi connectivity index (χ3v) is 6.41. The molecule has 184 valence electrons. The average Bonchev–Trinajstić information content (AvgIpc) is 3.26. The minimum Gasteiger partial charge on any atom is -0.492 e. The maximum absolute atomic E-state index is 13.2. The van der Waals surface area contributed by atoms with Crippen molar-refractivity contribution < 1.29 is 9.53 Å².